The minimum Gasteiger partial charge on any atom is -0.352 e. The fraction of sp³-hybridized carbons (Fsp3) is 0.500. The molecule has 2 aromatic rings. The fourth-order valence-corrected chi connectivity index (χ4v) is 4.86. The van der Waals surface area contributed by atoms with Gasteiger partial charge in [0, 0.05) is 48.8 Å². The number of anilines is 1. The summed E-state index contributed by atoms with van der Waals surface area (Å²) in [5, 5.41) is 2.08. The minimum atomic E-state index is 0.209. The minimum absolute atomic E-state index is 0.209. The van der Waals surface area contributed by atoms with Crippen LogP contribution in [0.15, 0.2) is 24.0 Å². The van der Waals surface area contributed by atoms with Crippen molar-refractivity contribution in [1.82, 2.24) is 14.9 Å². The third kappa shape index (κ3) is 2.90. The second-order valence-corrected chi connectivity index (χ2v) is 7.71. The first-order chi connectivity index (χ1) is 11.7. The van der Waals surface area contributed by atoms with Crippen molar-refractivity contribution in [2.24, 2.45) is 5.92 Å². The van der Waals surface area contributed by atoms with E-state index in [0.717, 1.165) is 56.3 Å². The van der Waals surface area contributed by atoms with Crippen LogP contribution in [0.2, 0.25) is 0 Å². The van der Waals surface area contributed by atoms with E-state index >= 15 is 0 Å². The molecule has 24 heavy (non-hydrogen) atoms. The van der Waals surface area contributed by atoms with Gasteiger partial charge in [0.1, 0.15) is 5.82 Å². The molecule has 0 N–H and O–H groups in total. The van der Waals surface area contributed by atoms with E-state index in [1.807, 2.05) is 4.90 Å². The lowest BCUT2D eigenvalue weighted by Gasteiger charge is -2.35. The summed E-state index contributed by atoms with van der Waals surface area (Å²) in [6.07, 6.45) is 8.57. The molecule has 1 fully saturated rings. The van der Waals surface area contributed by atoms with E-state index in [2.05, 4.69) is 27.2 Å². The molecule has 126 valence electrons. The van der Waals surface area contributed by atoms with Gasteiger partial charge in [0.25, 0.3) is 5.91 Å². The van der Waals surface area contributed by atoms with Gasteiger partial charge in [0.2, 0.25) is 0 Å². The number of hydrogen-bond acceptors (Lipinski definition) is 5. The van der Waals surface area contributed by atoms with Gasteiger partial charge in [-0.05, 0) is 30.7 Å². The highest BCUT2D eigenvalue weighted by atomic mass is 32.1. The maximum Gasteiger partial charge on any atom is 0.255 e. The molecular formula is C18H22N4OS. The summed E-state index contributed by atoms with van der Waals surface area (Å²) in [5.41, 5.74) is 2.27. The molecule has 4 rings (SSSR count). The van der Waals surface area contributed by atoms with Gasteiger partial charge in [-0.3, -0.25) is 9.78 Å². The van der Waals surface area contributed by atoms with Crippen LogP contribution in [0.5, 0.6) is 0 Å². The van der Waals surface area contributed by atoms with Crippen LogP contribution in [-0.2, 0) is 12.8 Å². The maximum absolute atomic E-state index is 12.9. The number of hydrogen-bond donors (Lipinski definition) is 0. The van der Waals surface area contributed by atoms with Crippen LogP contribution in [0, 0.1) is 5.92 Å². The second kappa shape index (κ2) is 6.51. The lowest BCUT2D eigenvalue weighted by Crippen LogP contribution is -2.49. The van der Waals surface area contributed by atoms with Crippen molar-refractivity contribution in [3.05, 3.63) is 40.0 Å². The SMILES string of the molecule is CC1CCc2c(C(=O)N3CCN(c4cnccn4)CC3)csc2C1. The largest absolute Gasteiger partial charge is 0.352 e. The molecule has 1 saturated heterocycles. The summed E-state index contributed by atoms with van der Waals surface area (Å²) in [4.78, 5) is 27.0. The first kappa shape index (κ1) is 15.6. The molecule has 0 radical (unpaired) electrons. The summed E-state index contributed by atoms with van der Waals surface area (Å²) in [5.74, 6) is 1.85. The standard InChI is InChI=1S/C18H22N4OS/c1-13-2-3-14-15(12-24-16(14)10-13)18(23)22-8-6-21(7-9-22)17-11-19-4-5-20-17/h4-5,11-13H,2-3,6-10H2,1H3. The van der Waals surface area contributed by atoms with E-state index in [4.69, 9.17) is 0 Å². The number of aromatic nitrogens is 2. The molecule has 2 aliphatic rings. The molecule has 0 saturated carbocycles. The number of rotatable bonds is 2. The van der Waals surface area contributed by atoms with Crippen LogP contribution in [0.1, 0.15) is 34.1 Å². The monoisotopic (exact) mass is 342 g/mol. The van der Waals surface area contributed by atoms with E-state index < -0.39 is 0 Å². The number of fused-ring (bicyclic) bond motifs is 1. The third-order valence-corrected chi connectivity index (χ3v) is 6.12. The number of carbonyl (C=O) groups excluding carboxylic acids is 1. The van der Waals surface area contributed by atoms with Crippen LogP contribution < -0.4 is 4.90 Å². The molecule has 1 aliphatic carbocycles. The molecule has 1 aliphatic heterocycles. The van der Waals surface area contributed by atoms with E-state index in [0.29, 0.717) is 0 Å². The Bertz CT molecular complexity index is 722. The molecule has 5 nitrogen and oxygen atoms in total. The Hall–Kier alpha value is -1.95. The zero-order valence-electron chi connectivity index (χ0n) is 13.9. The van der Waals surface area contributed by atoms with Crippen LogP contribution in [-0.4, -0.2) is 47.0 Å². The van der Waals surface area contributed by atoms with Crippen molar-refractivity contribution in [3.63, 3.8) is 0 Å². The summed E-state index contributed by atoms with van der Waals surface area (Å²) in [6, 6.07) is 0. The Morgan fingerprint density at radius 3 is 2.83 bits per heavy atom. The van der Waals surface area contributed by atoms with Gasteiger partial charge in [0.05, 0.1) is 11.8 Å². The van der Waals surface area contributed by atoms with Crippen LogP contribution in [0.25, 0.3) is 0 Å². The Kier molecular flexibility index (Phi) is 4.22. The molecule has 1 unspecified atom stereocenters. The molecule has 6 heteroatoms. The molecule has 1 atom stereocenters. The zero-order chi connectivity index (χ0) is 16.5. The number of piperazine rings is 1. The average molecular weight is 342 g/mol. The highest BCUT2D eigenvalue weighted by Crippen LogP contribution is 2.33. The lowest BCUT2D eigenvalue weighted by molar-refractivity contribution is 0.0745. The van der Waals surface area contributed by atoms with Gasteiger partial charge in [-0.1, -0.05) is 6.92 Å². The first-order valence-corrected chi connectivity index (χ1v) is 9.50. The van der Waals surface area contributed by atoms with Gasteiger partial charge >= 0.3 is 0 Å². The highest BCUT2D eigenvalue weighted by Gasteiger charge is 2.28. The summed E-state index contributed by atoms with van der Waals surface area (Å²) >= 11 is 1.77. The topological polar surface area (TPSA) is 49.3 Å². The fourth-order valence-electron chi connectivity index (χ4n) is 3.62. The Balaban J connectivity index is 1.44. The normalized spacial score (nSPS) is 20.8. The van der Waals surface area contributed by atoms with E-state index in [1.54, 1.807) is 29.9 Å². The van der Waals surface area contributed by atoms with E-state index in [9.17, 15) is 4.79 Å². The smallest absolute Gasteiger partial charge is 0.255 e. The quantitative estimate of drug-likeness (QED) is 0.842. The lowest BCUT2D eigenvalue weighted by atomic mass is 9.88. The first-order valence-electron chi connectivity index (χ1n) is 8.62. The third-order valence-electron chi connectivity index (χ3n) is 5.07. The van der Waals surface area contributed by atoms with Gasteiger partial charge in [0.15, 0.2) is 0 Å². The molecule has 0 spiro atoms. The Morgan fingerprint density at radius 2 is 2.08 bits per heavy atom. The van der Waals surface area contributed by atoms with Gasteiger partial charge < -0.3 is 9.80 Å². The van der Waals surface area contributed by atoms with Gasteiger partial charge in [-0.15, -0.1) is 11.3 Å². The molecule has 3 heterocycles. The zero-order valence-corrected chi connectivity index (χ0v) is 14.8. The molecule has 2 aromatic heterocycles. The number of nitrogens with zero attached hydrogens (tertiary/aromatic N) is 4. The molecule has 0 bridgehead atoms. The van der Waals surface area contributed by atoms with Gasteiger partial charge in [-0.25, -0.2) is 4.98 Å². The van der Waals surface area contributed by atoms with Crippen LogP contribution in [0.3, 0.4) is 0 Å². The summed E-state index contributed by atoms with van der Waals surface area (Å²) < 4.78 is 0. The maximum atomic E-state index is 12.9. The predicted octanol–water partition coefficient (Wildman–Crippen LogP) is 2.63. The molecular weight excluding hydrogens is 320 g/mol. The van der Waals surface area contributed by atoms with Crippen molar-refractivity contribution >= 4 is 23.1 Å². The Labute approximate surface area is 146 Å². The number of amides is 1. The Morgan fingerprint density at radius 1 is 1.25 bits per heavy atom. The predicted molar refractivity (Wildman–Crippen MR) is 95.7 cm³/mol. The highest BCUT2D eigenvalue weighted by molar-refractivity contribution is 7.10. The average Bonchev–Trinajstić information content (AvgIpc) is 3.05. The van der Waals surface area contributed by atoms with Gasteiger partial charge in [-0.2, -0.15) is 0 Å². The second-order valence-electron chi connectivity index (χ2n) is 6.74. The van der Waals surface area contributed by atoms with Crippen molar-refractivity contribution in [2.45, 2.75) is 26.2 Å². The van der Waals surface area contributed by atoms with E-state index in [1.165, 1.54) is 16.9 Å². The summed E-state index contributed by atoms with van der Waals surface area (Å²) in [7, 11) is 0. The molecule has 1 amide bonds. The van der Waals surface area contributed by atoms with Crippen molar-refractivity contribution in [1.29, 1.82) is 0 Å². The van der Waals surface area contributed by atoms with Crippen molar-refractivity contribution < 1.29 is 4.79 Å². The van der Waals surface area contributed by atoms with Crippen molar-refractivity contribution in [3.8, 4) is 0 Å². The van der Waals surface area contributed by atoms with Crippen LogP contribution >= 0.6 is 11.3 Å². The molecule has 0 aromatic carbocycles. The number of carbonyl (C=O) groups is 1. The summed E-state index contributed by atoms with van der Waals surface area (Å²) in [6.45, 7) is 5.42. The van der Waals surface area contributed by atoms with E-state index in [-0.39, 0.29) is 5.91 Å². The number of thiophene rings is 1. The van der Waals surface area contributed by atoms with Crippen LogP contribution in [0.4, 0.5) is 5.82 Å². The van der Waals surface area contributed by atoms with Crippen molar-refractivity contribution in [2.75, 3.05) is 31.1 Å².